The number of hydrogen-bond acceptors (Lipinski definition) is 4. The molecule has 22 heavy (non-hydrogen) atoms. The summed E-state index contributed by atoms with van der Waals surface area (Å²) < 4.78 is 18.2. The van der Waals surface area contributed by atoms with E-state index >= 15 is 0 Å². The van der Waals surface area contributed by atoms with E-state index in [9.17, 15) is 4.39 Å². The van der Waals surface area contributed by atoms with Crippen LogP contribution in [0.5, 0.6) is 0 Å². The van der Waals surface area contributed by atoms with Crippen molar-refractivity contribution < 1.29 is 8.91 Å². The topological polar surface area (TPSA) is 55.3 Å². The van der Waals surface area contributed by atoms with Crippen molar-refractivity contribution in [2.24, 2.45) is 5.73 Å². The molecule has 1 aromatic carbocycles. The van der Waals surface area contributed by atoms with Gasteiger partial charge in [-0.25, -0.2) is 4.39 Å². The van der Waals surface area contributed by atoms with Crippen molar-refractivity contribution >= 4 is 5.57 Å². The van der Waals surface area contributed by atoms with Gasteiger partial charge in [0.15, 0.2) is 0 Å². The highest BCUT2D eigenvalue weighted by Crippen LogP contribution is 2.27. The van der Waals surface area contributed by atoms with Crippen LogP contribution in [0.4, 0.5) is 4.39 Å². The summed E-state index contributed by atoms with van der Waals surface area (Å²) in [6.45, 7) is 5.11. The van der Waals surface area contributed by atoms with Gasteiger partial charge in [-0.3, -0.25) is 0 Å². The Kier molecular flexibility index (Phi) is 3.71. The van der Waals surface area contributed by atoms with E-state index in [1.54, 1.807) is 12.1 Å². The van der Waals surface area contributed by atoms with E-state index in [1.807, 2.05) is 26.1 Å². The summed E-state index contributed by atoms with van der Waals surface area (Å²) in [7, 11) is 0. The third-order valence-electron chi connectivity index (χ3n) is 3.67. The van der Waals surface area contributed by atoms with E-state index in [1.165, 1.54) is 12.1 Å². The van der Waals surface area contributed by atoms with Gasteiger partial charge in [-0.2, -0.15) is 0 Å². The zero-order valence-electron chi connectivity index (χ0n) is 12.6. The van der Waals surface area contributed by atoms with Gasteiger partial charge in [0.25, 0.3) is 0 Å². The molecule has 0 saturated carbocycles. The molecule has 0 bridgehead atoms. The van der Waals surface area contributed by atoms with Crippen LogP contribution in [0.25, 0.3) is 5.57 Å². The van der Waals surface area contributed by atoms with Crippen LogP contribution in [0.2, 0.25) is 0 Å². The molecule has 2 N–H and O–H groups in total. The maximum atomic E-state index is 13.0. The molecule has 5 heteroatoms. The molecule has 2 heterocycles. The van der Waals surface area contributed by atoms with E-state index in [2.05, 4.69) is 10.1 Å². The molecule has 0 spiro atoms. The number of hydrogen-bond donors (Lipinski definition) is 1. The van der Waals surface area contributed by atoms with E-state index in [0.29, 0.717) is 13.1 Å². The summed E-state index contributed by atoms with van der Waals surface area (Å²) in [5.74, 6) is 0.546. The molecule has 0 fully saturated rings. The second-order valence-electron chi connectivity index (χ2n) is 5.53. The highest BCUT2D eigenvalue weighted by atomic mass is 19.1. The molecule has 1 aliphatic rings. The van der Waals surface area contributed by atoms with Crippen molar-refractivity contribution in [1.29, 1.82) is 0 Å². The molecule has 114 valence electrons. The van der Waals surface area contributed by atoms with Crippen molar-refractivity contribution in [2.45, 2.75) is 20.4 Å². The summed E-state index contributed by atoms with van der Waals surface area (Å²) in [4.78, 5) is 2.10. The largest absolute Gasteiger partial charge is 0.401 e. The van der Waals surface area contributed by atoms with Crippen molar-refractivity contribution in [3.8, 4) is 0 Å². The Balaban J connectivity index is 1.88. The Morgan fingerprint density at radius 1 is 1.27 bits per heavy atom. The van der Waals surface area contributed by atoms with Gasteiger partial charge in [0.05, 0.1) is 12.2 Å². The van der Waals surface area contributed by atoms with E-state index in [-0.39, 0.29) is 5.82 Å². The third-order valence-corrected chi connectivity index (χ3v) is 3.67. The maximum Gasteiger partial charge on any atom is 0.141 e. The first-order chi connectivity index (χ1) is 10.5. The first kappa shape index (κ1) is 14.4. The molecule has 1 aliphatic heterocycles. The fourth-order valence-electron chi connectivity index (χ4n) is 2.72. The molecule has 0 radical (unpaired) electrons. The molecule has 0 unspecified atom stereocenters. The Bertz CT molecular complexity index is 724. The lowest BCUT2D eigenvalue weighted by Crippen LogP contribution is -2.26. The van der Waals surface area contributed by atoms with Gasteiger partial charge >= 0.3 is 0 Å². The summed E-state index contributed by atoms with van der Waals surface area (Å²) in [6, 6.07) is 6.51. The lowest BCUT2D eigenvalue weighted by atomic mass is 10.0. The zero-order chi connectivity index (χ0) is 15.7. The summed E-state index contributed by atoms with van der Waals surface area (Å²) in [6.07, 6.45) is 4.00. The standard InChI is InChI=1S/C17H18FN3O/c1-11-17(12(2)22-20-11)14-7-16(19)10-21(9-14)8-13-3-5-15(18)6-4-13/h3-7,9H,8,10,19H2,1-2H3. The summed E-state index contributed by atoms with van der Waals surface area (Å²) in [5, 5.41) is 3.99. The second kappa shape index (κ2) is 5.67. The molecular weight excluding hydrogens is 281 g/mol. The molecule has 2 aromatic rings. The maximum absolute atomic E-state index is 13.0. The highest BCUT2D eigenvalue weighted by molar-refractivity contribution is 5.77. The number of halogens is 1. The normalized spacial score (nSPS) is 14.8. The quantitative estimate of drug-likeness (QED) is 0.946. The molecular formula is C17H18FN3O. The number of aromatic nitrogens is 1. The number of benzene rings is 1. The second-order valence-corrected chi connectivity index (χ2v) is 5.53. The zero-order valence-corrected chi connectivity index (χ0v) is 12.6. The van der Waals surface area contributed by atoms with Crippen LogP contribution in [0.15, 0.2) is 46.8 Å². The third kappa shape index (κ3) is 2.88. The molecule has 4 nitrogen and oxygen atoms in total. The molecule has 0 saturated heterocycles. The van der Waals surface area contributed by atoms with Crippen LogP contribution in [-0.2, 0) is 6.54 Å². The van der Waals surface area contributed by atoms with Gasteiger partial charge in [-0.1, -0.05) is 17.3 Å². The van der Waals surface area contributed by atoms with Crippen molar-refractivity contribution in [1.82, 2.24) is 10.1 Å². The first-order valence-electron chi connectivity index (χ1n) is 7.12. The lowest BCUT2D eigenvalue weighted by Gasteiger charge is -2.26. The Hall–Kier alpha value is -2.56. The smallest absolute Gasteiger partial charge is 0.141 e. The van der Waals surface area contributed by atoms with Gasteiger partial charge < -0.3 is 15.2 Å². The minimum atomic E-state index is -0.228. The van der Waals surface area contributed by atoms with Crippen LogP contribution in [0.3, 0.4) is 0 Å². The van der Waals surface area contributed by atoms with Crippen molar-refractivity contribution in [3.05, 3.63) is 70.6 Å². The number of aryl methyl sites for hydroxylation is 2. The summed E-state index contributed by atoms with van der Waals surface area (Å²) in [5.41, 5.74) is 10.7. The van der Waals surface area contributed by atoms with Crippen molar-refractivity contribution in [2.75, 3.05) is 6.54 Å². The van der Waals surface area contributed by atoms with Crippen LogP contribution in [0.1, 0.15) is 22.6 Å². The van der Waals surface area contributed by atoms with E-state index in [4.69, 9.17) is 10.3 Å². The lowest BCUT2D eigenvalue weighted by molar-refractivity contribution is 0.391. The van der Waals surface area contributed by atoms with Gasteiger partial charge in [0.1, 0.15) is 11.6 Å². The van der Waals surface area contributed by atoms with Crippen LogP contribution >= 0.6 is 0 Å². The van der Waals surface area contributed by atoms with Crippen LogP contribution < -0.4 is 5.73 Å². The van der Waals surface area contributed by atoms with Gasteiger partial charge in [0, 0.05) is 29.6 Å². The monoisotopic (exact) mass is 299 g/mol. The van der Waals surface area contributed by atoms with E-state index in [0.717, 1.165) is 33.9 Å². The SMILES string of the molecule is Cc1noc(C)c1C1=CN(Cc2ccc(F)cc2)CC(N)=C1. The van der Waals surface area contributed by atoms with Gasteiger partial charge in [-0.15, -0.1) is 0 Å². The predicted octanol–water partition coefficient (Wildman–Crippen LogP) is 3.13. The van der Waals surface area contributed by atoms with Crippen molar-refractivity contribution in [3.63, 3.8) is 0 Å². The minimum absolute atomic E-state index is 0.228. The van der Waals surface area contributed by atoms with Gasteiger partial charge in [0.2, 0.25) is 0 Å². The fraction of sp³-hybridized carbons (Fsp3) is 0.235. The minimum Gasteiger partial charge on any atom is -0.401 e. The Labute approximate surface area is 128 Å². The average Bonchev–Trinajstić information content (AvgIpc) is 2.80. The van der Waals surface area contributed by atoms with Gasteiger partial charge in [-0.05, 0) is 37.6 Å². The fourth-order valence-corrected chi connectivity index (χ4v) is 2.72. The Morgan fingerprint density at radius 3 is 2.64 bits per heavy atom. The predicted molar refractivity (Wildman–Crippen MR) is 83.0 cm³/mol. The molecule has 0 atom stereocenters. The molecule has 1 aromatic heterocycles. The molecule has 0 aliphatic carbocycles. The number of rotatable bonds is 3. The number of allylic oxidation sites excluding steroid dienone is 2. The summed E-state index contributed by atoms with van der Waals surface area (Å²) >= 11 is 0. The first-order valence-corrected chi connectivity index (χ1v) is 7.12. The highest BCUT2D eigenvalue weighted by Gasteiger charge is 2.18. The molecule has 3 rings (SSSR count). The van der Waals surface area contributed by atoms with Crippen LogP contribution in [-0.4, -0.2) is 16.6 Å². The number of nitrogens with zero attached hydrogens (tertiary/aromatic N) is 2. The van der Waals surface area contributed by atoms with Crippen LogP contribution in [0, 0.1) is 19.7 Å². The molecule has 0 amide bonds. The average molecular weight is 299 g/mol. The van der Waals surface area contributed by atoms with E-state index < -0.39 is 0 Å². The Morgan fingerprint density at radius 2 is 2.00 bits per heavy atom. The number of nitrogens with two attached hydrogens (primary N) is 1.